The van der Waals surface area contributed by atoms with Crippen LogP contribution in [0.3, 0.4) is 0 Å². The van der Waals surface area contributed by atoms with E-state index in [1.807, 2.05) is 30.3 Å². The smallest absolute Gasteiger partial charge is 0.352 e. The SMILES string of the molecule is O=C(CSc1ccccc1)N[C@@H]1C(=O)N2C(C(=O)O)=C(/C=C3\CCN(Cc4ccc(F)cc4)C3=O)CS[C@H]12. The molecule has 3 aliphatic rings. The van der Waals surface area contributed by atoms with Crippen molar-refractivity contribution >= 4 is 47.2 Å². The minimum atomic E-state index is -1.26. The second-order valence-electron chi connectivity index (χ2n) is 9.01. The number of thioether (sulfide) groups is 2. The molecule has 0 radical (unpaired) electrons. The van der Waals surface area contributed by atoms with Crippen LogP contribution in [0.15, 0.2) is 82.4 Å². The molecular weight excluding hydrogens is 529 g/mol. The molecule has 2 aromatic rings. The quantitative estimate of drug-likeness (QED) is 0.294. The van der Waals surface area contributed by atoms with Gasteiger partial charge in [0.15, 0.2) is 0 Å². The van der Waals surface area contributed by atoms with E-state index < -0.39 is 23.3 Å². The van der Waals surface area contributed by atoms with Crippen molar-refractivity contribution in [1.82, 2.24) is 15.1 Å². The largest absolute Gasteiger partial charge is 0.477 e. The molecule has 11 heteroatoms. The molecule has 2 saturated heterocycles. The summed E-state index contributed by atoms with van der Waals surface area (Å²) in [6.07, 6.45) is 2.02. The Bertz CT molecular complexity index is 1350. The topological polar surface area (TPSA) is 107 Å². The maximum atomic E-state index is 13.2. The van der Waals surface area contributed by atoms with E-state index in [9.17, 15) is 28.7 Å². The molecule has 0 aromatic heterocycles. The summed E-state index contributed by atoms with van der Waals surface area (Å²) in [4.78, 5) is 54.3. The Morgan fingerprint density at radius 2 is 1.87 bits per heavy atom. The predicted molar refractivity (Wildman–Crippen MR) is 141 cm³/mol. The number of carboxylic acid groups (broad SMARTS) is 1. The minimum absolute atomic E-state index is 0.140. The van der Waals surface area contributed by atoms with Crippen molar-refractivity contribution in [2.75, 3.05) is 18.1 Å². The third-order valence-electron chi connectivity index (χ3n) is 6.48. The highest BCUT2D eigenvalue weighted by Crippen LogP contribution is 2.41. The Labute approximate surface area is 226 Å². The van der Waals surface area contributed by atoms with Gasteiger partial charge in [0.25, 0.3) is 5.91 Å². The Hall–Kier alpha value is -3.57. The Morgan fingerprint density at radius 3 is 2.58 bits per heavy atom. The van der Waals surface area contributed by atoms with Gasteiger partial charge in [0, 0.05) is 29.3 Å². The van der Waals surface area contributed by atoms with Crippen LogP contribution in [0.5, 0.6) is 0 Å². The summed E-state index contributed by atoms with van der Waals surface area (Å²) in [6, 6.07) is 14.5. The molecule has 3 amide bonds. The zero-order chi connectivity index (χ0) is 26.8. The summed E-state index contributed by atoms with van der Waals surface area (Å²) in [6.45, 7) is 0.790. The van der Waals surface area contributed by atoms with E-state index in [1.54, 1.807) is 23.1 Å². The third kappa shape index (κ3) is 5.34. The first kappa shape index (κ1) is 26.1. The van der Waals surface area contributed by atoms with Crippen molar-refractivity contribution < 1.29 is 28.7 Å². The fourth-order valence-corrected chi connectivity index (χ4v) is 6.64. The van der Waals surface area contributed by atoms with Gasteiger partial charge in [0.2, 0.25) is 11.8 Å². The van der Waals surface area contributed by atoms with Crippen LogP contribution < -0.4 is 5.32 Å². The fourth-order valence-electron chi connectivity index (χ4n) is 4.61. The number of allylic oxidation sites excluding steroid dienone is 1. The number of hydrogen-bond donors (Lipinski definition) is 2. The second-order valence-corrected chi connectivity index (χ2v) is 11.2. The van der Waals surface area contributed by atoms with Crippen LogP contribution in [0, 0.1) is 5.82 Å². The van der Waals surface area contributed by atoms with E-state index in [0.29, 0.717) is 30.7 Å². The molecule has 0 saturated carbocycles. The molecule has 2 fully saturated rings. The van der Waals surface area contributed by atoms with Crippen molar-refractivity contribution in [3.63, 3.8) is 0 Å². The van der Waals surface area contributed by atoms with Crippen molar-refractivity contribution in [3.8, 4) is 0 Å². The van der Waals surface area contributed by atoms with Gasteiger partial charge < -0.3 is 15.3 Å². The van der Waals surface area contributed by atoms with Gasteiger partial charge in [-0.05, 0) is 47.9 Å². The normalized spacial score (nSPS) is 22.0. The van der Waals surface area contributed by atoms with Crippen LogP contribution in [0.1, 0.15) is 12.0 Å². The number of carbonyl (C=O) groups is 4. The first-order valence-electron chi connectivity index (χ1n) is 11.9. The lowest BCUT2D eigenvalue weighted by atomic mass is 10.0. The summed E-state index contributed by atoms with van der Waals surface area (Å²) in [5.74, 6) is -2.18. The maximum absolute atomic E-state index is 13.2. The van der Waals surface area contributed by atoms with Crippen LogP contribution in [0.25, 0.3) is 0 Å². The van der Waals surface area contributed by atoms with Crippen LogP contribution in [0.4, 0.5) is 4.39 Å². The third-order valence-corrected chi connectivity index (χ3v) is 8.79. The highest BCUT2D eigenvalue weighted by Gasteiger charge is 2.54. The highest BCUT2D eigenvalue weighted by molar-refractivity contribution is 8.00. The number of hydrogen-bond acceptors (Lipinski definition) is 6. The van der Waals surface area contributed by atoms with Gasteiger partial charge in [-0.3, -0.25) is 19.3 Å². The molecule has 2 atom stereocenters. The Kier molecular flexibility index (Phi) is 7.57. The van der Waals surface area contributed by atoms with Crippen molar-refractivity contribution in [2.45, 2.75) is 29.3 Å². The number of β-lactam (4-membered cyclic amide) rings is 1. The maximum Gasteiger partial charge on any atom is 0.352 e. The van der Waals surface area contributed by atoms with E-state index in [1.165, 1.54) is 40.6 Å². The standard InChI is InChI=1S/C27H24FN3O5S2/c28-19-8-6-16(7-9-19)13-30-11-10-17(24(30)33)12-18-14-38-26-22(25(34)31(26)23(18)27(35)36)29-21(32)15-37-20-4-2-1-3-5-20/h1-9,12,22,26H,10-11,13-15H2,(H,29,32)(H,35,36)/b17-12+/t22-,26-/m1/s1. The van der Waals surface area contributed by atoms with E-state index in [0.717, 1.165) is 10.5 Å². The molecule has 38 heavy (non-hydrogen) atoms. The molecule has 8 nitrogen and oxygen atoms in total. The van der Waals surface area contributed by atoms with Gasteiger partial charge in [0.05, 0.1) is 5.75 Å². The van der Waals surface area contributed by atoms with Gasteiger partial charge in [-0.1, -0.05) is 30.3 Å². The number of amides is 3. The molecule has 0 spiro atoms. The zero-order valence-electron chi connectivity index (χ0n) is 20.1. The van der Waals surface area contributed by atoms with Gasteiger partial charge >= 0.3 is 5.97 Å². The molecule has 0 aliphatic carbocycles. The lowest BCUT2D eigenvalue weighted by Crippen LogP contribution is -2.70. The highest BCUT2D eigenvalue weighted by atomic mass is 32.2. The van der Waals surface area contributed by atoms with Gasteiger partial charge in [0.1, 0.15) is 22.9 Å². The second kappa shape index (κ2) is 11.0. The van der Waals surface area contributed by atoms with Crippen molar-refractivity contribution in [1.29, 1.82) is 0 Å². The van der Waals surface area contributed by atoms with Gasteiger partial charge in [-0.2, -0.15) is 0 Å². The molecule has 5 rings (SSSR count). The Balaban J connectivity index is 1.25. The van der Waals surface area contributed by atoms with E-state index >= 15 is 0 Å². The fraction of sp³-hybridized carbons (Fsp3) is 0.259. The minimum Gasteiger partial charge on any atom is -0.477 e. The van der Waals surface area contributed by atoms with Crippen LogP contribution in [-0.2, 0) is 25.7 Å². The van der Waals surface area contributed by atoms with E-state index in [2.05, 4.69) is 5.32 Å². The molecule has 3 aliphatic heterocycles. The lowest BCUT2D eigenvalue weighted by Gasteiger charge is -2.49. The molecule has 0 bridgehead atoms. The molecule has 0 unspecified atom stereocenters. The summed E-state index contributed by atoms with van der Waals surface area (Å²) in [7, 11) is 0. The number of benzene rings is 2. The number of carbonyl (C=O) groups excluding carboxylic acids is 3. The van der Waals surface area contributed by atoms with Crippen LogP contribution in [-0.4, -0.2) is 68.1 Å². The van der Waals surface area contributed by atoms with E-state index in [4.69, 9.17) is 0 Å². The summed E-state index contributed by atoms with van der Waals surface area (Å²) < 4.78 is 13.2. The summed E-state index contributed by atoms with van der Waals surface area (Å²) >= 11 is 2.71. The number of halogens is 1. The Morgan fingerprint density at radius 1 is 1.13 bits per heavy atom. The monoisotopic (exact) mass is 553 g/mol. The number of nitrogens with zero attached hydrogens (tertiary/aromatic N) is 2. The van der Waals surface area contributed by atoms with E-state index in [-0.39, 0.29) is 34.8 Å². The summed E-state index contributed by atoms with van der Waals surface area (Å²) in [5, 5.41) is 12.1. The molecule has 2 N–H and O–H groups in total. The lowest BCUT2D eigenvalue weighted by molar-refractivity contribution is -0.150. The molecule has 196 valence electrons. The number of aliphatic carboxylic acids is 1. The van der Waals surface area contributed by atoms with Crippen LogP contribution >= 0.6 is 23.5 Å². The predicted octanol–water partition coefficient (Wildman–Crippen LogP) is 3.02. The zero-order valence-corrected chi connectivity index (χ0v) is 21.8. The first-order chi connectivity index (χ1) is 18.3. The average molecular weight is 554 g/mol. The van der Waals surface area contributed by atoms with Gasteiger partial charge in [-0.15, -0.1) is 23.5 Å². The number of nitrogens with one attached hydrogen (secondary N) is 1. The van der Waals surface area contributed by atoms with Crippen molar-refractivity contribution in [3.05, 3.63) is 88.9 Å². The number of carboxylic acids is 1. The molecular formula is C27H24FN3O5S2. The number of fused-ring (bicyclic) bond motifs is 1. The molecule has 3 heterocycles. The first-order valence-corrected chi connectivity index (χ1v) is 14.0. The average Bonchev–Trinajstić information content (AvgIpc) is 3.25. The summed E-state index contributed by atoms with van der Waals surface area (Å²) in [5.41, 5.74) is 1.50. The number of likely N-dealkylation sites (tertiary alicyclic amines) is 1. The van der Waals surface area contributed by atoms with Crippen molar-refractivity contribution in [2.24, 2.45) is 0 Å². The van der Waals surface area contributed by atoms with Crippen LogP contribution in [0.2, 0.25) is 0 Å². The van der Waals surface area contributed by atoms with Gasteiger partial charge in [-0.25, -0.2) is 9.18 Å². The molecule has 2 aromatic carbocycles. The number of rotatable bonds is 8.